The summed E-state index contributed by atoms with van der Waals surface area (Å²) in [4.78, 5) is 72.6. The molecule has 0 aromatic heterocycles. The van der Waals surface area contributed by atoms with E-state index in [9.17, 15) is 28.8 Å². The maximum absolute atomic E-state index is 12.8. The van der Waals surface area contributed by atoms with E-state index in [-0.39, 0.29) is 64.3 Å². The fourth-order valence-electron chi connectivity index (χ4n) is 4.98. The first-order valence-electron chi connectivity index (χ1n) is 20.5. The summed E-state index contributed by atoms with van der Waals surface area (Å²) in [6.07, 6.45) is 3.98. The monoisotopic (exact) mass is 864 g/mol. The lowest BCUT2D eigenvalue weighted by Crippen LogP contribution is -2.47. The molecule has 1 atom stereocenters. The zero-order chi connectivity index (χ0) is 43.7. The number of hydrogen-bond acceptors (Lipinski definition) is 16. The van der Waals surface area contributed by atoms with Crippen molar-refractivity contribution < 1.29 is 81.2 Å². The minimum Gasteiger partial charge on any atom is -0.481 e. The Hall–Kier alpha value is -3.64. The zero-order valence-corrected chi connectivity index (χ0v) is 35.2. The molecule has 0 saturated heterocycles. The lowest BCUT2D eigenvalue weighted by molar-refractivity contribution is -0.138. The standard InChI is InChI=1S/C39H68N4O17/c1-51-14-15-52-16-17-53-18-19-54-20-21-55-22-23-56-24-25-57-26-27-58-28-29-59-30-31-60-32-35(45)40-11-3-2-6-33(39(50)41-12-4-8-38(48)49)42-34(44)7-5-13-43-36(46)9-10-37(43)47/h9-10,33H,2-8,11-32H2,1H3,(H,40,45)(H,41,50)(H,42,44)(H,48,49). The normalized spacial score (nSPS) is 12.9. The molecule has 60 heavy (non-hydrogen) atoms. The molecule has 0 aliphatic carbocycles. The predicted molar refractivity (Wildman–Crippen MR) is 213 cm³/mol. The number of carboxylic acid groups (broad SMARTS) is 1. The summed E-state index contributed by atoms with van der Waals surface area (Å²) in [5, 5.41) is 16.9. The molecule has 5 amide bonds. The summed E-state index contributed by atoms with van der Waals surface area (Å²) in [5.41, 5.74) is 0. The van der Waals surface area contributed by atoms with Crippen LogP contribution in [0, 0.1) is 0 Å². The predicted octanol–water partition coefficient (Wildman–Crippen LogP) is -0.760. The number of unbranched alkanes of at least 4 members (excludes halogenated alkanes) is 1. The average Bonchev–Trinajstić information content (AvgIpc) is 3.55. The van der Waals surface area contributed by atoms with Crippen molar-refractivity contribution in [2.24, 2.45) is 0 Å². The van der Waals surface area contributed by atoms with Crippen LogP contribution >= 0.6 is 0 Å². The van der Waals surface area contributed by atoms with Crippen molar-refractivity contribution in [1.29, 1.82) is 0 Å². The smallest absolute Gasteiger partial charge is 0.303 e. The van der Waals surface area contributed by atoms with Gasteiger partial charge in [0.15, 0.2) is 0 Å². The van der Waals surface area contributed by atoms with E-state index in [1.54, 1.807) is 7.11 Å². The van der Waals surface area contributed by atoms with Crippen LogP contribution in [0.5, 0.6) is 0 Å². The molecule has 0 radical (unpaired) electrons. The van der Waals surface area contributed by atoms with Crippen LogP contribution in [0.4, 0.5) is 0 Å². The van der Waals surface area contributed by atoms with Crippen molar-refractivity contribution in [3.05, 3.63) is 12.2 Å². The Morgan fingerprint density at radius 2 is 0.983 bits per heavy atom. The molecular formula is C39H68N4O17. The lowest BCUT2D eigenvalue weighted by Gasteiger charge is -2.19. The second kappa shape index (κ2) is 39.5. The van der Waals surface area contributed by atoms with Gasteiger partial charge in [-0.2, -0.15) is 0 Å². The highest BCUT2D eigenvalue weighted by Gasteiger charge is 2.24. The number of hydrogen-bond donors (Lipinski definition) is 4. The summed E-state index contributed by atoms with van der Waals surface area (Å²) >= 11 is 0. The van der Waals surface area contributed by atoms with E-state index in [0.29, 0.717) is 132 Å². The maximum Gasteiger partial charge on any atom is 0.303 e. The van der Waals surface area contributed by atoms with Crippen LogP contribution in [0.15, 0.2) is 12.2 Å². The van der Waals surface area contributed by atoms with Crippen LogP contribution < -0.4 is 16.0 Å². The van der Waals surface area contributed by atoms with Crippen molar-refractivity contribution >= 4 is 35.5 Å². The van der Waals surface area contributed by atoms with Gasteiger partial charge in [0, 0.05) is 51.7 Å². The van der Waals surface area contributed by atoms with Gasteiger partial charge in [-0.15, -0.1) is 0 Å². The summed E-state index contributed by atoms with van der Waals surface area (Å²) in [7, 11) is 1.63. The number of carbonyl (C=O) groups excluding carboxylic acids is 5. The number of amides is 5. The van der Waals surface area contributed by atoms with Gasteiger partial charge in [0.2, 0.25) is 17.7 Å². The first-order chi connectivity index (χ1) is 29.2. The van der Waals surface area contributed by atoms with Crippen LogP contribution in [-0.2, 0) is 76.1 Å². The summed E-state index contributed by atoms with van der Waals surface area (Å²) < 4.78 is 53.6. The van der Waals surface area contributed by atoms with Gasteiger partial charge in [-0.25, -0.2) is 0 Å². The Morgan fingerprint density at radius 3 is 1.43 bits per heavy atom. The molecule has 4 N–H and O–H groups in total. The van der Waals surface area contributed by atoms with Gasteiger partial charge < -0.3 is 68.4 Å². The number of methoxy groups -OCH3 is 1. The van der Waals surface area contributed by atoms with Gasteiger partial charge in [0.1, 0.15) is 12.6 Å². The van der Waals surface area contributed by atoms with Crippen molar-refractivity contribution in [2.75, 3.05) is 152 Å². The van der Waals surface area contributed by atoms with E-state index in [2.05, 4.69) is 16.0 Å². The van der Waals surface area contributed by atoms with Gasteiger partial charge in [-0.1, -0.05) is 0 Å². The minimum atomic E-state index is -0.980. The Labute approximate surface area is 352 Å². The fourth-order valence-corrected chi connectivity index (χ4v) is 4.98. The fraction of sp³-hybridized carbons (Fsp3) is 0.795. The third-order valence-corrected chi connectivity index (χ3v) is 8.09. The Bertz CT molecular complexity index is 1180. The zero-order valence-electron chi connectivity index (χ0n) is 35.2. The number of aliphatic carboxylic acids is 1. The van der Waals surface area contributed by atoms with Gasteiger partial charge in [0.05, 0.1) is 119 Å². The van der Waals surface area contributed by atoms with Crippen LogP contribution in [0.25, 0.3) is 0 Å². The number of nitrogens with one attached hydrogen (secondary N) is 3. The highest BCUT2D eigenvalue weighted by atomic mass is 16.6. The lowest BCUT2D eigenvalue weighted by atomic mass is 10.1. The van der Waals surface area contributed by atoms with E-state index in [1.807, 2.05) is 0 Å². The van der Waals surface area contributed by atoms with Crippen LogP contribution in [0.2, 0.25) is 0 Å². The first kappa shape index (κ1) is 54.4. The Morgan fingerprint density at radius 1 is 0.550 bits per heavy atom. The number of carbonyl (C=O) groups is 6. The Kier molecular flexibility index (Phi) is 35.8. The van der Waals surface area contributed by atoms with Gasteiger partial charge in [-0.3, -0.25) is 33.7 Å². The number of nitrogens with zero attached hydrogens (tertiary/aromatic N) is 1. The first-order valence-corrected chi connectivity index (χ1v) is 20.5. The molecule has 0 aromatic rings. The third-order valence-electron chi connectivity index (χ3n) is 8.09. The molecule has 0 spiro atoms. The molecule has 1 aliphatic rings. The average molecular weight is 865 g/mol. The SMILES string of the molecule is COCCOCCOCCOCCOCCOCCOCCOCCOCCOCC(=O)NCCCCC(NC(=O)CCCN1C(=O)C=CC1=O)C(=O)NCCCC(=O)O. The molecule has 346 valence electrons. The van der Waals surface area contributed by atoms with Gasteiger partial charge >= 0.3 is 5.97 Å². The molecule has 1 heterocycles. The maximum atomic E-state index is 12.8. The van der Waals surface area contributed by atoms with Crippen molar-refractivity contribution in [3.8, 4) is 0 Å². The number of ether oxygens (including phenoxy) is 10. The molecule has 1 rings (SSSR count). The minimum absolute atomic E-state index is 0.00932. The quantitative estimate of drug-likeness (QED) is 0.0434. The topological polar surface area (TPSA) is 254 Å². The number of rotatable bonds is 44. The van der Waals surface area contributed by atoms with Crippen molar-refractivity contribution in [1.82, 2.24) is 20.9 Å². The molecule has 0 aromatic carbocycles. The van der Waals surface area contributed by atoms with Crippen LogP contribution in [-0.4, -0.2) is 204 Å². The van der Waals surface area contributed by atoms with Gasteiger partial charge in [0.25, 0.3) is 11.8 Å². The Balaban J connectivity index is 1.95. The molecule has 21 heteroatoms. The third kappa shape index (κ3) is 33.1. The van der Waals surface area contributed by atoms with Crippen molar-refractivity contribution in [2.45, 2.75) is 51.0 Å². The highest BCUT2D eigenvalue weighted by molar-refractivity contribution is 6.12. The second-order valence-electron chi connectivity index (χ2n) is 13.0. The number of carboxylic acids is 1. The van der Waals surface area contributed by atoms with E-state index in [0.717, 1.165) is 4.90 Å². The largest absolute Gasteiger partial charge is 0.481 e. The molecular weight excluding hydrogens is 796 g/mol. The molecule has 1 aliphatic heterocycles. The summed E-state index contributed by atoms with van der Waals surface area (Å²) in [6.45, 7) is 8.48. The molecule has 0 saturated carbocycles. The van der Waals surface area contributed by atoms with Crippen LogP contribution in [0.1, 0.15) is 44.9 Å². The summed E-state index contributed by atoms with van der Waals surface area (Å²) in [6, 6.07) is -0.877. The van der Waals surface area contributed by atoms with Gasteiger partial charge in [-0.05, 0) is 32.1 Å². The molecule has 0 bridgehead atoms. The van der Waals surface area contributed by atoms with E-state index in [4.69, 9.17) is 52.5 Å². The van der Waals surface area contributed by atoms with E-state index in [1.165, 1.54) is 12.2 Å². The number of imide groups is 1. The van der Waals surface area contributed by atoms with Crippen molar-refractivity contribution in [3.63, 3.8) is 0 Å². The van der Waals surface area contributed by atoms with E-state index >= 15 is 0 Å². The molecule has 1 unspecified atom stereocenters. The highest BCUT2D eigenvalue weighted by Crippen LogP contribution is 2.07. The van der Waals surface area contributed by atoms with E-state index < -0.39 is 35.6 Å². The van der Waals surface area contributed by atoms with Crippen LogP contribution in [0.3, 0.4) is 0 Å². The summed E-state index contributed by atoms with van der Waals surface area (Å²) in [5.74, 6) is -3.03. The molecule has 21 nitrogen and oxygen atoms in total. The second-order valence-corrected chi connectivity index (χ2v) is 13.0. The molecule has 0 fully saturated rings.